The van der Waals surface area contributed by atoms with Crippen molar-refractivity contribution in [2.75, 3.05) is 0 Å². The Hall–Kier alpha value is -6.23. The van der Waals surface area contributed by atoms with Gasteiger partial charge in [0.1, 0.15) is 0 Å². The van der Waals surface area contributed by atoms with E-state index in [1.165, 1.54) is 71.6 Å². The highest BCUT2D eigenvalue weighted by Crippen LogP contribution is 2.58. The van der Waals surface area contributed by atoms with Crippen LogP contribution in [-0.4, -0.2) is 0 Å². The number of rotatable bonds is 4. The number of benzene rings is 8. The zero-order valence-electron chi connectivity index (χ0n) is 25.0. The second-order valence-electron chi connectivity index (χ2n) is 11.9. The predicted molar refractivity (Wildman–Crippen MR) is 192 cm³/mol. The van der Waals surface area contributed by atoms with E-state index in [0.29, 0.717) is 5.56 Å². The summed E-state index contributed by atoms with van der Waals surface area (Å²) in [6.07, 6.45) is 0. The number of hydrogen-bond donors (Lipinski definition) is 0. The van der Waals surface area contributed by atoms with Gasteiger partial charge in [-0.1, -0.05) is 152 Å². The van der Waals surface area contributed by atoms with Crippen molar-refractivity contribution >= 4 is 21.5 Å². The molecule has 0 unspecified atom stereocenters. The standard InChI is InChI=1S/C45H27N/c46-28-33-24-23-32(27-40(33)29-13-4-1-5-14-29)34-25-26-39-43-35(34)21-12-22-38(43)44-41(30-15-6-2-7-16-30)36-19-10-11-20-37(36)42(45(39)44)31-17-8-3-9-18-31/h1-27H. The van der Waals surface area contributed by atoms with Gasteiger partial charge in [0.25, 0.3) is 0 Å². The van der Waals surface area contributed by atoms with Crippen molar-refractivity contribution in [2.45, 2.75) is 0 Å². The van der Waals surface area contributed by atoms with Crippen molar-refractivity contribution in [3.63, 3.8) is 0 Å². The molecule has 0 heterocycles. The van der Waals surface area contributed by atoms with Crippen LogP contribution in [0.1, 0.15) is 5.56 Å². The van der Waals surface area contributed by atoms with Gasteiger partial charge in [-0.15, -0.1) is 0 Å². The van der Waals surface area contributed by atoms with Crippen molar-refractivity contribution in [1.29, 1.82) is 5.26 Å². The summed E-state index contributed by atoms with van der Waals surface area (Å²) in [5.41, 5.74) is 15.1. The fraction of sp³-hybridized carbons (Fsp3) is 0. The van der Waals surface area contributed by atoms with E-state index in [-0.39, 0.29) is 0 Å². The maximum atomic E-state index is 9.96. The lowest BCUT2D eigenvalue weighted by Crippen LogP contribution is -1.93. The summed E-state index contributed by atoms with van der Waals surface area (Å²) >= 11 is 0. The molecule has 9 rings (SSSR count). The Morgan fingerprint density at radius 1 is 0.326 bits per heavy atom. The summed E-state index contributed by atoms with van der Waals surface area (Å²) < 4.78 is 0. The Labute approximate surface area is 268 Å². The molecular formula is C45H27N. The van der Waals surface area contributed by atoms with E-state index < -0.39 is 0 Å². The van der Waals surface area contributed by atoms with Gasteiger partial charge in [0.05, 0.1) is 11.6 Å². The molecule has 0 aliphatic heterocycles. The molecule has 212 valence electrons. The summed E-state index contributed by atoms with van der Waals surface area (Å²) in [5.74, 6) is 0. The van der Waals surface area contributed by atoms with E-state index in [1.807, 2.05) is 24.3 Å². The third-order valence-corrected chi connectivity index (χ3v) is 9.46. The molecule has 1 heteroatoms. The molecular weight excluding hydrogens is 555 g/mol. The van der Waals surface area contributed by atoms with E-state index in [2.05, 4.69) is 146 Å². The maximum absolute atomic E-state index is 9.96. The highest BCUT2D eigenvalue weighted by Gasteiger charge is 2.31. The van der Waals surface area contributed by atoms with Gasteiger partial charge in [-0.3, -0.25) is 0 Å². The van der Waals surface area contributed by atoms with E-state index >= 15 is 0 Å². The third-order valence-electron chi connectivity index (χ3n) is 9.46. The molecule has 0 N–H and O–H groups in total. The minimum absolute atomic E-state index is 0.681. The smallest absolute Gasteiger partial charge is 0.0998 e. The van der Waals surface area contributed by atoms with Gasteiger partial charge in [0, 0.05) is 5.56 Å². The van der Waals surface area contributed by atoms with Crippen LogP contribution in [0.3, 0.4) is 0 Å². The number of nitrogens with zero attached hydrogens (tertiary/aromatic N) is 1. The third kappa shape index (κ3) is 3.88. The van der Waals surface area contributed by atoms with Crippen LogP contribution in [0.15, 0.2) is 164 Å². The Bertz CT molecular complexity index is 2410. The monoisotopic (exact) mass is 581 g/mol. The van der Waals surface area contributed by atoms with E-state index in [1.54, 1.807) is 0 Å². The summed E-state index contributed by atoms with van der Waals surface area (Å²) in [6, 6.07) is 60.8. The van der Waals surface area contributed by atoms with Crippen LogP contribution >= 0.6 is 0 Å². The largest absolute Gasteiger partial charge is 0.192 e. The summed E-state index contributed by atoms with van der Waals surface area (Å²) in [7, 11) is 0. The Balaban J connectivity index is 1.39. The van der Waals surface area contributed by atoms with E-state index in [9.17, 15) is 5.26 Å². The summed E-state index contributed by atoms with van der Waals surface area (Å²) in [6.45, 7) is 0. The maximum Gasteiger partial charge on any atom is 0.0998 e. The average Bonchev–Trinajstić information content (AvgIpc) is 3.46. The quantitative estimate of drug-likeness (QED) is 0.203. The SMILES string of the molecule is N#Cc1ccc(-c2ccc3c4c(cccc24)-c2c-3c(-c3ccccc3)c3ccccc3c2-c2ccccc2)cc1-c1ccccc1. The van der Waals surface area contributed by atoms with Gasteiger partial charge in [-0.2, -0.15) is 5.26 Å². The minimum atomic E-state index is 0.681. The lowest BCUT2D eigenvalue weighted by atomic mass is 9.82. The van der Waals surface area contributed by atoms with E-state index in [0.717, 1.165) is 16.7 Å². The zero-order chi connectivity index (χ0) is 30.6. The van der Waals surface area contributed by atoms with Crippen LogP contribution in [0.4, 0.5) is 0 Å². The van der Waals surface area contributed by atoms with Crippen LogP contribution in [0.2, 0.25) is 0 Å². The molecule has 0 saturated heterocycles. The van der Waals surface area contributed by atoms with Gasteiger partial charge < -0.3 is 0 Å². The molecule has 0 amide bonds. The average molecular weight is 582 g/mol. The fourth-order valence-corrected chi connectivity index (χ4v) is 7.53. The van der Waals surface area contributed by atoms with Crippen LogP contribution in [0.25, 0.3) is 88.3 Å². The Morgan fingerprint density at radius 2 is 0.826 bits per heavy atom. The van der Waals surface area contributed by atoms with Crippen LogP contribution in [0, 0.1) is 11.3 Å². The topological polar surface area (TPSA) is 23.8 Å². The van der Waals surface area contributed by atoms with Crippen molar-refractivity contribution < 1.29 is 0 Å². The second kappa shape index (κ2) is 10.4. The van der Waals surface area contributed by atoms with Crippen LogP contribution < -0.4 is 0 Å². The van der Waals surface area contributed by atoms with Crippen molar-refractivity contribution in [1.82, 2.24) is 0 Å². The highest BCUT2D eigenvalue weighted by atomic mass is 14.3. The molecule has 0 spiro atoms. The number of fused-ring (bicyclic) bond motifs is 4. The first-order chi connectivity index (χ1) is 22.8. The first kappa shape index (κ1) is 26.2. The first-order valence-corrected chi connectivity index (χ1v) is 15.7. The van der Waals surface area contributed by atoms with Crippen LogP contribution in [-0.2, 0) is 0 Å². The molecule has 1 aliphatic rings. The Kier molecular flexibility index (Phi) is 5.95. The van der Waals surface area contributed by atoms with Gasteiger partial charge in [0.2, 0.25) is 0 Å². The fourth-order valence-electron chi connectivity index (χ4n) is 7.53. The summed E-state index contributed by atoms with van der Waals surface area (Å²) in [4.78, 5) is 0. The molecule has 8 aromatic rings. The van der Waals surface area contributed by atoms with Crippen LogP contribution in [0.5, 0.6) is 0 Å². The zero-order valence-corrected chi connectivity index (χ0v) is 25.0. The lowest BCUT2D eigenvalue weighted by Gasteiger charge is -2.20. The van der Waals surface area contributed by atoms with Gasteiger partial charge >= 0.3 is 0 Å². The predicted octanol–water partition coefficient (Wildman–Crippen LogP) is 12.2. The number of nitriles is 1. The van der Waals surface area contributed by atoms with Gasteiger partial charge in [-0.05, 0) is 94.9 Å². The van der Waals surface area contributed by atoms with Crippen molar-refractivity contribution in [3.05, 3.63) is 169 Å². The molecule has 0 aromatic heterocycles. The molecule has 0 atom stereocenters. The van der Waals surface area contributed by atoms with Gasteiger partial charge in [0.15, 0.2) is 0 Å². The molecule has 0 fully saturated rings. The molecule has 0 radical (unpaired) electrons. The second-order valence-corrected chi connectivity index (χ2v) is 11.9. The first-order valence-electron chi connectivity index (χ1n) is 15.7. The molecule has 1 nitrogen and oxygen atoms in total. The van der Waals surface area contributed by atoms with Crippen molar-refractivity contribution in [3.8, 4) is 72.8 Å². The molecule has 0 saturated carbocycles. The Morgan fingerprint density at radius 3 is 1.41 bits per heavy atom. The molecule has 46 heavy (non-hydrogen) atoms. The molecule has 0 bridgehead atoms. The lowest BCUT2D eigenvalue weighted by molar-refractivity contribution is 1.48. The summed E-state index contributed by atoms with van der Waals surface area (Å²) in [5, 5.41) is 15.0. The molecule has 8 aromatic carbocycles. The minimum Gasteiger partial charge on any atom is -0.192 e. The van der Waals surface area contributed by atoms with E-state index in [4.69, 9.17) is 0 Å². The number of hydrogen-bond acceptors (Lipinski definition) is 1. The molecule has 1 aliphatic carbocycles. The van der Waals surface area contributed by atoms with Gasteiger partial charge in [-0.25, -0.2) is 0 Å². The van der Waals surface area contributed by atoms with Crippen molar-refractivity contribution in [2.24, 2.45) is 0 Å². The normalized spacial score (nSPS) is 11.5. The highest BCUT2D eigenvalue weighted by molar-refractivity contribution is 6.28.